The van der Waals surface area contributed by atoms with E-state index in [1.165, 1.54) is 6.20 Å². The molecule has 1 atom stereocenters. The van der Waals surface area contributed by atoms with Gasteiger partial charge in [0.1, 0.15) is 11.1 Å². The van der Waals surface area contributed by atoms with Crippen LogP contribution in [0.25, 0.3) is 0 Å². The van der Waals surface area contributed by atoms with Crippen molar-refractivity contribution in [3.63, 3.8) is 0 Å². The Morgan fingerprint density at radius 3 is 3.04 bits per heavy atom. The number of nitrogens with zero attached hydrogens (tertiary/aromatic N) is 1. The lowest BCUT2D eigenvalue weighted by Crippen LogP contribution is -2.17. The first-order valence-electron chi connectivity index (χ1n) is 7.51. The summed E-state index contributed by atoms with van der Waals surface area (Å²) < 4.78 is 10.9. The van der Waals surface area contributed by atoms with Gasteiger partial charge in [0.25, 0.3) is 5.91 Å². The maximum atomic E-state index is 12.3. The van der Waals surface area contributed by atoms with Crippen LogP contribution in [0.15, 0.2) is 41.4 Å². The summed E-state index contributed by atoms with van der Waals surface area (Å²) >= 11 is 7.80. The standard InChI is InChI=1S/C17H17ClN2O3S/c1-24-14-4-2-3-12(8-14)20-16(21)11-7-15(18)17(19-9-11)23-13-5-6-22-10-13/h2-4,7-9,13H,5-6,10H2,1H3,(H,20,21). The molecule has 1 saturated heterocycles. The van der Waals surface area contributed by atoms with Gasteiger partial charge in [0, 0.05) is 23.2 Å². The summed E-state index contributed by atoms with van der Waals surface area (Å²) in [6, 6.07) is 9.19. The van der Waals surface area contributed by atoms with Crippen LogP contribution in [-0.2, 0) is 4.74 Å². The molecule has 7 heteroatoms. The van der Waals surface area contributed by atoms with Crippen LogP contribution in [0.5, 0.6) is 5.88 Å². The third-order valence-corrected chi connectivity index (χ3v) is 4.56. The van der Waals surface area contributed by atoms with Crippen LogP contribution >= 0.6 is 23.4 Å². The van der Waals surface area contributed by atoms with Gasteiger partial charge in [-0.25, -0.2) is 4.98 Å². The highest BCUT2D eigenvalue weighted by Crippen LogP contribution is 2.26. The van der Waals surface area contributed by atoms with Crippen molar-refractivity contribution in [2.24, 2.45) is 0 Å². The van der Waals surface area contributed by atoms with E-state index >= 15 is 0 Å². The van der Waals surface area contributed by atoms with Crippen LogP contribution in [0, 0.1) is 0 Å². The maximum absolute atomic E-state index is 12.3. The first kappa shape index (κ1) is 17.1. The summed E-state index contributed by atoms with van der Waals surface area (Å²) in [6.45, 7) is 1.21. The SMILES string of the molecule is CSc1cccc(NC(=O)c2cnc(OC3CCOC3)c(Cl)c2)c1. The molecule has 0 spiro atoms. The minimum atomic E-state index is -0.265. The average Bonchev–Trinajstić information content (AvgIpc) is 3.10. The zero-order chi connectivity index (χ0) is 16.9. The molecule has 0 saturated carbocycles. The summed E-state index contributed by atoms with van der Waals surface area (Å²) in [6.07, 6.45) is 4.22. The number of hydrogen-bond acceptors (Lipinski definition) is 5. The van der Waals surface area contributed by atoms with Gasteiger partial charge < -0.3 is 14.8 Å². The predicted octanol–water partition coefficient (Wildman–Crippen LogP) is 3.88. The smallest absolute Gasteiger partial charge is 0.257 e. The van der Waals surface area contributed by atoms with Crippen molar-refractivity contribution in [1.29, 1.82) is 0 Å². The molecule has 2 heterocycles. The molecule has 3 rings (SSSR count). The van der Waals surface area contributed by atoms with E-state index in [9.17, 15) is 4.79 Å². The van der Waals surface area contributed by atoms with Gasteiger partial charge in [0.15, 0.2) is 0 Å². The van der Waals surface area contributed by atoms with Gasteiger partial charge in [0.2, 0.25) is 5.88 Å². The first-order chi connectivity index (χ1) is 11.7. The molecule has 1 fully saturated rings. The molecule has 1 aromatic heterocycles. The molecule has 5 nitrogen and oxygen atoms in total. The second-order valence-electron chi connectivity index (χ2n) is 5.30. The fourth-order valence-corrected chi connectivity index (χ4v) is 2.97. The van der Waals surface area contributed by atoms with Gasteiger partial charge in [-0.3, -0.25) is 4.79 Å². The quantitative estimate of drug-likeness (QED) is 0.816. The Bertz CT molecular complexity index is 736. The summed E-state index contributed by atoms with van der Waals surface area (Å²) in [5, 5.41) is 3.15. The lowest BCUT2D eigenvalue weighted by molar-refractivity contribution is 0.102. The predicted molar refractivity (Wildman–Crippen MR) is 95.3 cm³/mol. The maximum Gasteiger partial charge on any atom is 0.257 e. The molecule has 24 heavy (non-hydrogen) atoms. The molecule has 1 aliphatic rings. The monoisotopic (exact) mass is 364 g/mol. The number of benzene rings is 1. The number of ether oxygens (including phenoxy) is 2. The fourth-order valence-electron chi connectivity index (χ4n) is 2.30. The molecular weight excluding hydrogens is 348 g/mol. The van der Waals surface area contributed by atoms with Crippen molar-refractivity contribution in [3.05, 3.63) is 47.1 Å². The van der Waals surface area contributed by atoms with Crippen molar-refractivity contribution < 1.29 is 14.3 Å². The summed E-state index contributed by atoms with van der Waals surface area (Å²) in [4.78, 5) is 17.6. The molecule has 1 aromatic carbocycles. The van der Waals surface area contributed by atoms with E-state index in [4.69, 9.17) is 21.1 Å². The minimum absolute atomic E-state index is 0.0380. The zero-order valence-electron chi connectivity index (χ0n) is 13.1. The molecule has 0 bridgehead atoms. The van der Waals surface area contributed by atoms with Gasteiger partial charge in [0.05, 0.1) is 18.8 Å². The van der Waals surface area contributed by atoms with Crippen LogP contribution < -0.4 is 10.1 Å². The Morgan fingerprint density at radius 2 is 2.33 bits per heavy atom. The van der Waals surface area contributed by atoms with E-state index in [0.29, 0.717) is 29.7 Å². The fraction of sp³-hybridized carbons (Fsp3) is 0.294. The molecule has 2 aromatic rings. The van der Waals surface area contributed by atoms with E-state index in [1.54, 1.807) is 17.8 Å². The molecule has 0 aliphatic carbocycles. The van der Waals surface area contributed by atoms with Crippen molar-refractivity contribution in [2.45, 2.75) is 17.4 Å². The van der Waals surface area contributed by atoms with Crippen molar-refractivity contribution in [3.8, 4) is 5.88 Å². The van der Waals surface area contributed by atoms with E-state index in [0.717, 1.165) is 17.0 Å². The van der Waals surface area contributed by atoms with Gasteiger partial charge in [-0.1, -0.05) is 17.7 Å². The second-order valence-corrected chi connectivity index (χ2v) is 6.59. The largest absolute Gasteiger partial charge is 0.471 e. The normalized spacial score (nSPS) is 16.8. The van der Waals surface area contributed by atoms with Crippen molar-refractivity contribution in [2.75, 3.05) is 24.8 Å². The van der Waals surface area contributed by atoms with Crippen molar-refractivity contribution in [1.82, 2.24) is 4.98 Å². The molecule has 1 N–H and O–H groups in total. The van der Waals surface area contributed by atoms with Crippen LogP contribution in [0.4, 0.5) is 5.69 Å². The summed E-state index contributed by atoms with van der Waals surface area (Å²) in [5.41, 5.74) is 1.11. The Kier molecular flexibility index (Phi) is 5.60. The number of halogens is 1. The third kappa shape index (κ3) is 4.20. The van der Waals surface area contributed by atoms with E-state index in [1.807, 2.05) is 30.5 Å². The number of nitrogens with one attached hydrogen (secondary N) is 1. The van der Waals surface area contributed by atoms with Crippen LogP contribution in [0.2, 0.25) is 5.02 Å². The lowest BCUT2D eigenvalue weighted by Gasteiger charge is -2.12. The van der Waals surface area contributed by atoms with Crippen LogP contribution in [0.1, 0.15) is 16.8 Å². The topological polar surface area (TPSA) is 60.5 Å². The zero-order valence-corrected chi connectivity index (χ0v) is 14.7. The van der Waals surface area contributed by atoms with Gasteiger partial charge in [-0.2, -0.15) is 0 Å². The van der Waals surface area contributed by atoms with Crippen LogP contribution in [-0.4, -0.2) is 36.5 Å². The highest BCUT2D eigenvalue weighted by molar-refractivity contribution is 7.98. The Labute approximate surface area is 149 Å². The summed E-state index contributed by atoms with van der Waals surface area (Å²) in [7, 11) is 0. The number of carbonyl (C=O) groups is 1. The van der Waals surface area contributed by atoms with E-state index in [2.05, 4.69) is 10.3 Å². The highest BCUT2D eigenvalue weighted by atomic mass is 35.5. The number of rotatable bonds is 5. The second kappa shape index (κ2) is 7.88. The van der Waals surface area contributed by atoms with E-state index in [-0.39, 0.29) is 12.0 Å². The number of pyridine rings is 1. The third-order valence-electron chi connectivity index (χ3n) is 3.56. The molecule has 126 valence electrons. The molecular formula is C17H17ClN2O3S. The molecule has 0 radical (unpaired) electrons. The number of thioether (sulfide) groups is 1. The Balaban J connectivity index is 1.69. The van der Waals surface area contributed by atoms with Gasteiger partial charge in [-0.05, 0) is 30.5 Å². The van der Waals surface area contributed by atoms with Gasteiger partial charge in [-0.15, -0.1) is 11.8 Å². The van der Waals surface area contributed by atoms with Crippen LogP contribution in [0.3, 0.4) is 0 Å². The average molecular weight is 365 g/mol. The Morgan fingerprint density at radius 1 is 1.46 bits per heavy atom. The number of aromatic nitrogens is 1. The van der Waals surface area contributed by atoms with Gasteiger partial charge >= 0.3 is 0 Å². The number of hydrogen-bond donors (Lipinski definition) is 1. The minimum Gasteiger partial charge on any atom is -0.471 e. The van der Waals surface area contributed by atoms with E-state index < -0.39 is 0 Å². The number of carbonyl (C=O) groups excluding carboxylic acids is 1. The first-order valence-corrected chi connectivity index (χ1v) is 9.11. The number of amides is 1. The Hall–Kier alpha value is -1.76. The molecule has 1 unspecified atom stereocenters. The lowest BCUT2D eigenvalue weighted by atomic mass is 10.2. The summed E-state index contributed by atoms with van der Waals surface area (Å²) in [5.74, 6) is 0.0616. The highest BCUT2D eigenvalue weighted by Gasteiger charge is 2.20. The molecule has 1 aliphatic heterocycles. The number of anilines is 1. The molecule has 1 amide bonds. The van der Waals surface area contributed by atoms with Crippen molar-refractivity contribution >= 4 is 35.0 Å².